The van der Waals surface area contributed by atoms with Crippen LogP contribution in [-0.2, 0) is 16.1 Å². The van der Waals surface area contributed by atoms with Gasteiger partial charge in [0, 0.05) is 25.1 Å². The number of benzene rings is 1. The van der Waals surface area contributed by atoms with Gasteiger partial charge in [-0.2, -0.15) is 0 Å². The number of rotatable bonds is 7. The molecule has 4 rings (SSSR count). The van der Waals surface area contributed by atoms with E-state index in [-0.39, 0.29) is 24.8 Å². The lowest BCUT2D eigenvalue weighted by Crippen LogP contribution is -2.29. The van der Waals surface area contributed by atoms with E-state index in [4.69, 9.17) is 23.5 Å². The van der Waals surface area contributed by atoms with Gasteiger partial charge in [-0.1, -0.05) is 17.3 Å². The van der Waals surface area contributed by atoms with E-state index in [1.807, 2.05) is 24.3 Å². The van der Waals surface area contributed by atoms with Crippen molar-refractivity contribution >= 4 is 5.91 Å². The quantitative estimate of drug-likeness (QED) is 0.804. The van der Waals surface area contributed by atoms with Crippen molar-refractivity contribution in [2.45, 2.75) is 19.3 Å². The predicted molar refractivity (Wildman–Crippen MR) is 88.9 cm³/mol. The van der Waals surface area contributed by atoms with Gasteiger partial charge in [-0.3, -0.25) is 4.79 Å². The summed E-state index contributed by atoms with van der Waals surface area (Å²) in [5.41, 5.74) is 0.239. The first-order valence-electron chi connectivity index (χ1n) is 8.59. The van der Waals surface area contributed by atoms with Crippen molar-refractivity contribution < 1.29 is 28.3 Å². The molecule has 2 aliphatic rings. The highest BCUT2D eigenvalue weighted by Gasteiger charge is 2.24. The number of carbonyl (C=O) groups excluding carboxylic acids is 1. The summed E-state index contributed by atoms with van der Waals surface area (Å²) in [7, 11) is 0. The first kappa shape index (κ1) is 16.9. The minimum Gasteiger partial charge on any atom is -0.448 e. The molecule has 3 heterocycles. The molecule has 0 radical (unpaired) electrons. The molecule has 1 unspecified atom stereocenters. The van der Waals surface area contributed by atoms with Crippen molar-refractivity contribution in [2.75, 3.05) is 26.4 Å². The van der Waals surface area contributed by atoms with Crippen LogP contribution in [0.2, 0.25) is 0 Å². The van der Waals surface area contributed by atoms with Crippen LogP contribution in [-0.4, -0.2) is 43.7 Å². The van der Waals surface area contributed by atoms with Gasteiger partial charge in [-0.25, -0.2) is 0 Å². The fourth-order valence-electron chi connectivity index (χ4n) is 2.84. The third-order valence-corrected chi connectivity index (χ3v) is 4.23. The molecule has 0 spiro atoms. The van der Waals surface area contributed by atoms with Crippen molar-refractivity contribution in [1.82, 2.24) is 10.5 Å². The van der Waals surface area contributed by atoms with E-state index < -0.39 is 6.29 Å². The van der Waals surface area contributed by atoms with Gasteiger partial charge >= 0.3 is 0 Å². The normalized spacial score (nSPS) is 19.0. The molecule has 2 aliphatic heterocycles. The number of para-hydroxylation sites is 2. The predicted octanol–water partition coefficient (Wildman–Crippen LogP) is 1.75. The van der Waals surface area contributed by atoms with Crippen LogP contribution in [0.4, 0.5) is 0 Å². The summed E-state index contributed by atoms with van der Waals surface area (Å²) in [4.78, 5) is 12.1. The highest BCUT2D eigenvalue weighted by Crippen LogP contribution is 2.33. The first-order chi connectivity index (χ1) is 12.8. The molecule has 2 aromatic rings. The van der Waals surface area contributed by atoms with Gasteiger partial charge in [0.05, 0.1) is 6.61 Å². The van der Waals surface area contributed by atoms with Crippen LogP contribution in [0.1, 0.15) is 22.7 Å². The lowest BCUT2D eigenvalue weighted by molar-refractivity contribution is -0.0421. The Morgan fingerprint density at radius 1 is 1.27 bits per heavy atom. The molecule has 8 heteroatoms. The van der Waals surface area contributed by atoms with Gasteiger partial charge in [0.1, 0.15) is 13.2 Å². The highest BCUT2D eigenvalue weighted by atomic mass is 16.7. The number of nitrogens with one attached hydrogen (secondary N) is 1. The number of ether oxygens (including phenoxy) is 4. The Hall–Kier alpha value is -2.58. The number of nitrogens with zero attached hydrogens (tertiary/aromatic N) is 1. The van der Waals surface area contributed by atoms with Crippen LogP contribution < -0.4 is 14.8 Å². The maximum Gasteiger partial charge on any atom is 0.273 e. The zero-order chi connectivity index (χ0) is 17.8. The van der Waals surface area contributed by atoms with Crippen molar-refractivity contribution in [1.29, 1.82) is 0 Å². The van der Waals surface area contributed by atoms with Gasteiger partial charge in [-0.05, 0) is 18.6 Å². The fourth-order valence-corrected chi connectivity index (χ4v) is 2.84. The minimum absolute atomic E-state index is 0.177. The summed E-state index contributed by atoms with van der Waals surface area (Å²) in [5.74, 6) is 1.98. The molecular weight excluding hydrogens is 340 g/mol. The van der Waals surface area contributed by atoms with E-state index in [1.54, 1.807) is 6.07 Å². The summed E-state index contributed by atoms with van der Waals surface area (Å²) in [5, 5.41) is 6.63. The molecule has 1 aromatic carbocycles. The van der Waals surface area contributed by atoms with Gasteiger partial charge in [0.25, 0.3) is 12.2 Å². The number of hydrogen-bond acceptors (Lipinski definition) is 7. The van der Waals surface area contributed by atoms with Crippen LogP contribution in [0.15, 0.2) is 34.9 Å². The van der Waals surface area contributed by atoms with Crippen molar-refractivity contribution in [2.24, 2.45) is 5.92 Å². The van der Waals surface area contributed by atoms with Crippen molar-refractivity contribution in [3.8, 4) is 11.5 Å². The number of amides is 1. The molecular formula is C18H20N2O6. The Balaban J connectivity index is 1.20. The van der Waals surface area contributed by atoms with E-state index in [1.165, 1.54) is 0 Å². The Bertz CT molecular complexity index is 731. The molecule has 138 valence electrons. The third kappa shape index (κ3) is 3.97. The Labute approximate surface area is 150 Å². The van der Waals surface area contributed by atoms with Crippen LogP contribution in [0.5, 0.6) is 11.5 Å². The molecule has 1 atom stereocenters. The zero-order valence-electron chi connectivity index (χ0n) is 14.2. The molecule has 1 aromatic heterocycles. The Morgan fingerprint density at radius 3 is 2.81 bits per heavy atom. The van der Waals surface area contributed by atoms with E-state index in [2.05, 4.69) is 10.5 Å². The molecule has 0 bridgehead atoms. The molecule has 0 saturated carbocycles. The minimum atomic E-state index is -0.494. The highest BCUT2D eigenvalue weighted by molar-refractivity contribution is 5.92. The average Bonchev–Trinajstić information content (AvgIpc) is 3.39. The largest absolute Gasteiger partial charge is 0.448 e. The molecule has 0 aliphatic carbocycles. The second-order valence-electron chi connectivity index (χ2n) is 6.25. The van der Waals surface area contributed by atoms with E-state index in [0.29, 0.717) is 36.3 Å². The summed E-state index contributed by atoms with van der Waals surface area (Å²) in [6.07, 6.45) is 0.472. The Kier molecular flexibility index (Phi) is 5.03. The van der Waals surface area contributed by atoms with Gasteiger partial charge in [-0.15, -0.1) is 0 Å². The fraction of sp³-hybridized carbons (Fsp3) is 0.444. The molecule has 1 saturated heterocycles. The lowest BCUT2D eigenvalue weighted by atomic mass is 10.1. The van der Waals surface area contributed by atoms with Gasteiger partial charge in [0.15, 0.2) is 23.0 Å². The first-order valence-corrected chi connectivity index (χ1v) is 8.59. The van der Waals surface area contributed by atoms with Crippen LogP contribution in [0.3, 0.4) is 0 Å². The van der Waals surface area contributed by atoms with Gasteiger partial charge in [0.2, 0.25) is 0 Å². The molecule has 1 fully saturated rings. The molecule has 8 nitrogen and oxygen atoms in total. The zero-order valence-corrected chi connectivity index (χ0v) is 14.2. The van der Waals surface area contributed by atoms with Crippen LogP contribution in [0.25, 0.3) is 0 Å². The summed E-state index contributed by atoms with van der Waals surface area (Å²) < 4.78 is 27.2. The standard InChI is InChI=1S/C18H20N2O6/c21-18(19-8-12-5-6-22-9-12)14-7-13(26-20-14)10-23-11-17-24-15-3-1-2-4-16(15)25-17/h1-4,7,12,17H,5-6,8-11H2,(H,19,21). The third-order valence-electron chi connectivity index (χ3n) is 4.23. The monoisotopic (exact) mass is 360 g/mol. The molecule has 1 N–H and O–H groups in total. The second-order valence-corrected chi connectivity index (χ2v) is 6.25. The van der Waals surface area contributed by atoms with E-state index in [9.17, 15) is 4.79 Å². The van der Waals surface area contributed by atoms with E-state index >= 15 is 0 Å². The second kappa shape index (κ2) is 7.76. The van der Waals surface area contributed by atoms with Crippen LogP contribution in [0, 0.1) is 5.92 Å². The maximum atomic E-state index is 12.1. The number of carbonyl (C=O) groups is 1. The summed E-state index contributed by atoms with van der Waals surface area (Å²) in [6.45, 7) is 2.43. The number of fused-ring (bicyclic) bond motifs is 1. The maximum absolute atomic E-state index is 12.1. The SMILES string of the molecule is O=C(NCC1CCOC1)c1cc(COCC2Oc3ccccc3O2)on1. The number of aromatic nitrogens is 1. The number of hydrogen-bond donors (Lipinski definition) is 1. The van der Waals surface area contributed by atoms with Crippen LogP contribution >= 0.6 is 0 Å². The lowest BCUT2D eigenvalue weighted by Gasteiger charge is -2.09. The van der Waals surface area contributed by atoms with E-state index in [0.717, 1.165) is 13.0 Å². The topological polar surface area (TPSA) is 92.1 Å². The summed E-state index contributed by atoms with van der Waals surface area (Å²) in [6, 6.07) is 9.02. The molecule has 26 heavy (non-hydrogen) atoms. The smallest absolute Gasteiger partial charge is 0.273 e. The van der Waals surface area contributed by atoms with Crippen molar-refractivity contribution in [3.05, 3.63) is 41.8 Å². The average molecular weight is 360 g/mol. The van der Waals surface area contributed by atoms with Crippen molar-refractivity contribution in [3.63, 3.8) is 0 Å². The summed E-state index contributed by atoms with van der Waals surface area (Å²) >= 11 is 0. The Morgan fingerprint density at radius 2 is 2.08 bits per heavy atom. The molecule has 1 amide bonds. The van der Waals surface area contributed by atoms with Gasteiger partial charge < -0.3 is 28.8 Å².